The molecule has 0 unspecified atom stereocenters. The Kier molecular flexibility index (Phi) is 8.99. The van der Waals surface area contributed by atoms with Crippen LogP contribution in [-0.2, 0) is 17.9 Å². The Bertz CT molecular complexity index is 1150. The first-order chi connectivity index (χ1) is 17.7. The molecule has 2 heterocycles. The molecule has 0 aliphatic carbocycles. The Morgan fingerprint density at radius 3 is 2.67 bits per heavy atom. The maximum Gasteiger partial charge on any atom is 0.234 e. The highest BCUT2D eigenvalue weighted by molar-refractivity contribution is 5.78. The Hall–Kier alpha value is -3.78. The van der Waals surface area contributed by atoms with Crippen LogP contribution in [0.2, 0.25) is 0 Å². The van der Waals surface area contributed by atoms with Crippen molar-refractivity contribution >= 4 is 5.91 Å². The van der Waals surface area contributed by atoms with Crippen LogP contribution in [0.15, 0.2) is 60.8 Å². The van der Waals surface area contributed by atoms with Gasteiger partial charge in [-0.1, -0.05) is 24.3 Å². The Morgan fingerprint density at radius 1 is 1.00 bits per heavy atom. The summed E-state index contributed by atoms with van der Waals surface area (Å²) >= 11 is 0. The van der Waals surface area contributed by atoms with Gasteiger partial charge in [-0.25, -0.2) is 4.98 Å². The van der Waals surface area contributed by atoms with Crippen molar-refractivity contribution in [3.05, 3.63) is 71.9 Å². The zero-order valence-electron chi connectivity index (χ0n) is 20.9. The molecule has 1 aromatic heterocycles. The number of carbonyl (C=O) groups excluding carboxylic acids is 1. The number of hydrogen-bond donors (Lipinski definition) is 1. The summed E-state index contributed by atoms with van der Waals surface area (Å²) in [6.07, 6.45) is 4.61. The average molecular weight is 492 g/mol. The lowest BCUT2D eigenvalue weighted by Gasteiger charge is -2.22. The van der Waals surface area contributed by atoms with Crippen LogP contribution in [0.1, 0.15) is 30.4 Å². The molecule has 1 N–H and O–H groups in total. The van der Waals surface area contributed by atoms with E-state index in [4.69, 9.17) is 18.9 Å². The number of pyridine rings is 1. The van der Waals surface area contributed by atoms with Gasteiger partial charge in [0.15, 0.2) is 23.0 Å². The van der Waals surface area contributed by atoms with Crippen LogP contribution in [0.4, 0.5) is 0 Å². The van der Waals surface area contributed by atoms with Crippen LogP contribution < -0.4 is 24.3 Å². The molecule has 0 saturated carbocycles. The quantitative estimate of drug-likeness (QED) is 0.541. The molecule has 8 nitrogen and oxygen atoms in total. The molecule has 0 radical (unpaired) electrons. The molecule has 4 rings (SSSR count). The molecule has 0 bridgehead atoms. The fourth-order valence-electron chi connectivity index (χ4n) is 4.10. The topological polar surface area (TPSA) is 82.2 Å². The minimum atomic E-state index is -0.0471. The number of carbonyl (C=O) groups is 1. The number of para-hydroxylation sites is 2. The average Bonchev–Trinajstić information content (AvgIpc) is 2.92. The fourth-order valence-corrected chi connectivity index (χ4v) is 4.10. The normalized spacial score (nSPS) is 14.4. The van der Waals surface area contributed by atoms with Crippen molar-refractivity contribution in [2.75, 3.05) is 33.9 Å². The first-order valence-electron chi connectivity index (χ1n) is 12.2. The van der Waals surface area contributed by atoms with Gasteiger partial charge in [0.1, 0.15) is 0 Å². The second-order valence-corrected chi connectivity index (χ2v) is 8.60. The summed E-state index contributed by atoms with van der Waals surface area (Å²) in [5.41, 5.74) is 1.85. The molecule has 1 aliphatic heterocycles. The molecule has 8 heteroatoms. The predicted molar refractivity (Wildman–Crippen MR) is 137 cm³/mol. The van der Waals surface area contributed by atoms with Gasteiger partial charge in [-0.3, -0.25) is 9.69 Å². The SMILES string of the molecule is COc1ccc(CNC(=O)CN2CCCCCOc3ccccc3Oc3ncccc3C2)cc1OC. The standard InChI is InChI=1S/C28H33N3O5/c1-33-23-13-12-21(17-26(23)34-2)18-30-27(32)20-31-15-6-3-7-16-35-24-10-4-5-11-25(24)36-28-22(19-31)9-8-14-29-28/h4-5,8-14,17H,3,6-7,15-16,18-20H2,1-2H3,(H,30,32). The lowest BCUT2D eigenvalue weighted by atomic mass is 10.2. The van der Waals surface area contributed by atoms with E-state index in [2.05, 4.69) is 15.2 Å². The van der Waals surface area contributed by atoms with Crippen molar-refractivity contribution in [1.82, 2.24) is 15.2 Å². The van der Waals surface area contributed by atoms with Crippen LogP contribution >= 0.6 is 0 Å². The number of nitrogens with one attached hydrogen (secondary N) is 1. The van der Waals surface area contributed by atoms with Gasteiger partial charge in [0, 0.05) is 24.8 Å². The van der Waals surface area contributed by atoms with Crippen molar-refractivity contribution in [2.45, 2.75) is 32.4 Å². The van der Waals surface area contributed by atoms with Crippen molar-refractivity contribution in [1.29, 1.82) is 0 Å². The fraction of sp³-hybridized carbons (Fsp3) is 0.357. The molecule has 1 aliphatic rings. The lowest BCUT2D eigenvalue weighted by molar-refractivity contribution is -0.122. The number of benzene rings is 2. The van der Waals surface area contributed by atoms with Crippen LogP contribution in [0.5, 0.6) is 28.9 Å². The Labute approximate surface area is 212 Å². The lowest BCUT2D eigenvalue weighted by Crippen LogP contribution is -2.37. The van der Waals surface area contributed by atoms with E-state index in [1.165, 1.54) is 0 Å². The van der Waals surface area contributed by atoms with Crippen LogP contribution in [0.3, 0.4) is 0 Å². The molecule has 2 aromatic carbocycles. The van der Waals surface area contributed by atoms with E-state index in [0.717, 1.165) is 36.9 Å². The number of nitrogens with zero attached hydrogens (tertiary/aromatic N) is 2. The van der Waals surface area contributed by atoms with Crippen LogP contribution in [0.25, 0.3) is 0 Å². The molecule has 3 aromatic rings. The number of methoxy groups -OCH3 is 2. The molecule has 0 atom stereocenters. The van der Waals surface area contributed by atoms with Crippen LogP contribution in [0, 0.1) is 0 Å². The van der Waals surface area contributed by atoms with E-state index in [1.54, 1.807) is 20.4 Å². The zero-order chi connectivity index (χ0) is 25.2. The van der Waals surface area contributed by atoms with E-state index in [1.807, 2.05) is 54.6 Å². The first-order valence-corrected chi connectivity index (χ1v) is 12.2. The largest absolute Gasteiger partial charge is 0.493 e. The zero-order valence-corrected chi connectivity index (χ0v) is 20.9. The molecule has 36 heavy (non-hydrogen) atoms. The van der Waals surface area contributed by atoms with Gasteiger partial charge in [-0.2, -0.15) is 0 Å². The summed E-state index contributed by atoms with van der Waals surface area (Å²) in [6.45, 7) is 2.62. The van der Waals surface area contributed by atoms with Crippen molar-refractivity contribution in [2.24, 2.45) is 0 Å². The monoisotopic (exact) mass is 491 g/mol. The summed E-state index contributed by atoms with van der Waals surface area (Å²) < 4.78 is 22.8. The number of aromatic nitrogens is 1. The summed E-state index contributed by atoms with van der Waals surface area (Å²) in [6, 6.07) is 17.1. The highest BCUT2D eigenvalue weighted by atomic mass is 16.5. The van der Waals surface area contributed by atoms with Crippen molar-refractivity contribution in [3.8, 4) is 28.9 Å². The van der Waals surface area contributed by atoms with Gasteiger partial charge in [0.05, 0.1) is 27.4 Å². The number of hydrogen-bond acceptors (Lipinski definition) is 7. The molecule has 0 spiro atoms. The van der Waals surface area contributed by atoms with Gasteiger partial charge >= 0.3 is 0 Å². The Balaban J connectivity index is 1.44. The second kappa shape index (κ2) is 12.8. The van der Waals surface area contributed by atoms with Gasteiger partial charge in [-0.15, -0.1) is 0 Å². The third-order valence-electron chi connectivity index (χ3n) is 5.98. The highest BCUT2D eigenvalue weighted by Crippen LogP contribution is 2.32. The number of fused-ring (bicyclic) bond motifs is 2. The van der Waals surface area contributed by atoms with E-state index < -0.39 is 0 Å². The van der Waals surface area contributed by atoms with Crippen molar-refractivity contribution in [3.63, 3.8) is 0 Å². The Morgan fingerprint density at radius 2 is 1.83 bits per heavy atom. The molecule has 0 saturated heterocycles. The minimum Gasteiger partial charge on any atom is -0.493 e. The smallest absolute Gasteiger partial charge is 0.234 e. The molecular weight excluding hydrogens is 458 g/mol. The third-order valence-corrected chi connectivity index (χ3v) is 5.98. The van der Waals surface area contributed by atoms with Crippen LogP contribution in [-0.4, -0.2) is 49.7 Å². The van der Waals surface area contributed by atoms with E-state index in [9.17, 15) is 4.79 Å². The number of amides is 1. The van der Waals surface area contributed by atoms with Gasteiger partial charge in [0.25, 0.3) is 0 Å². The van der Waals surface area contributed by atoms with Crippen molar-refractivity contribution < 1.29 is 23.7 Å². The molecule has 190 valence electrons. The summed E-state index contributed by atoms with van der Waals surface area (Å²) in [5.74, 6) is 3.11. The summed E-state index contributed by atoms with van der Waals surface area (Å²) in [4.78, 5) is 19.5. The van der Waals surface area contributed by atoms with E-state index in [0.29, 0.717) is 48.6 Å². The number of rotatable bonds is 6. The summed E-state index contributed by atoms with van der Waals surface area (Å²) in [5, 5.41) is 3.02. The minimum absolute atomic E-state index is 0.0471. The van der Waals surface area contributed by atoms with Gasteiger partial charge in [0.2, 0.25) is 11.8 Å². The molecule has 1 amide bonds. The number of ether oxygens (including phenoxy) is 4. The first kappa shape index (κ1) is 25.3. The van der Waals surface area contributed by atoms with E-state index >= 15 is 0 Å². The maximum absolute atomic E-state index is 12.9. The second-order valence-electron chi connectivity index (χ2n) is 8.60. The van der Waals surface area contributed by atoms with Gasteiger partial charge < -0.3 is 24.3 Å². The molecule has 0 fully saturated rings. The van der Waals surface area contributed by atoms with E-state index in [-0.39, 0.29) is 12.5 Å². The highest BCUT2D eigenvalue weighted by Gasteiger charge is 2.17. The van der Waals surface area contributed by atoms with Gasteiger partial charge in [-0.05, 0) is 61.7 Å². The molecular formula is C28H33N3O5. The summed E-state index contributed by atoms with van der Waals surface area (Å²) in [7, 11) is 3.20. The predicted octanol–water partition coefficient (Wildman–Crippen LogP) is 4.57. The third kappa shape index (κ3) is 6.88. The maximum atomic E-state index is 12.9.